The van der Waals surface area contributed by atoms with Crippen LogP contribution in [-0.4, -0.2) is 18.1 Å². The molecule has 0 amide bonds. The van der Waals surface area contributed by atoms with Crippen LogP contribution in [0, 0.1) is 0 Å². The van der Waals surface area contributed by atoms with Gasteiger partial charge in [0.15, 0.2) is 5.13 Å². The molecule has 4 nitrogen and oxygen atoms in total. The highest BCUT2D eigenvalue weighted by molar-refractivity contribution is 7.13. The minimum absolute atomic E-state index is 0.660. The van der Waals surface area contributed by atoms with Crippen molar-refractivity contribution in [3.63, 3.8) is 0 Å². The molecule has 1 aliphatic rings. The van der Waals surface area contributed by atoms with E-state index in [4.69, 9.17) is 10.5 Å². The molecule has 2 aromatic rings. The second-order valence-corrected chi connectivity index (χ2v) is 6.86. The lowest BCUT2D eigenvalue weighted by atomic mass is 10.0. The molecule has 0 atom stereocenters. The summed E-state index contributed by atoms with van der Waals surface area (Å²) >= 11 is 1.51. The Balaban J connectivity index is 1.51. The lowest BCUT2D eigenvalue weighted by Crippen LogP contribution is -2.16. The zero-order valence-corrected chi connectivity index (χ0v) is 14.5. The van der Waals surface area contributed by atoms with E-state index in [1.54, 1.807) is 0 Å². The lowest BCUT2D eigenvalue weighted by molar-refractivity contribution is 0.335. The Morgan fingerprint density at radius 2 is 2.13 bits per heavy atom. The summed E-state index contributed by atoms with van der Waals surface area (Å²) in [5, 5.41) is 6.24. The maximum Gasteiger partial charge on any atom is 0.180 e. The smallest absolute Gasteiger partial charge is 0.180 e. The van der Waals surface area contributed by atoms with Crippen molar-refractivity contribution in [1.82, 2.24) is 10.3 Å². The van der Waals surface area contributed by atoms with Crippen molar-refractivity contribution in [3.8, 4) is 5.75 Å². The zero-order valence-electron chi connectivity index (χ0n) is 13.7. The van der Waals surface area contributed by atoms with Crippen LogP contribution in [0.15, 0.2) is 17.5 Å². The van der Waals surface area contributed by atoms with Gasteiger partial charge in [-0.1, -0.05) is 6.07 Å². The maximum absolute atomic E-state index is 5.83. The van der Waals surface area contributed by atoms with E-state index in [-0.39, 0.29) is 0 Å². The summed E-state index contributed by atoms with van der Waals surface area (Å²) < 4.78 is 5.83. The van der Waals surface area contributed by atoms with Gasteiger partial charge in [-0.05, 0) is 62.8 Å². The van der Waals surface area contributed by atoms with Crippen LogP contribution in [0.3, 0.4) is 0 Å². The fourth-order valence-electron chi connectivity index (χ4n) is 3.14. The molecule has 0 bridgehead atoms. The molecule has 0 spiro atoms. The molecule has 3 N–H and O–H groups in total. The Bertz CT molecular complexity index is 654. The topological polar surface area (TPSA) is 60.2 Å². The van der Waals surface area contributed by atoms with Crippen molar-refractivity contribution in [3.05, 3.63) is 39.9 Å². The third-order valence-electron chi connectivity index (χ3n) is 4.25. The second-order valence-electron chi connectivity index (χ2n) is 5.97. The molecule has 1 aliphatic carbocycles. The Hall–Kier alpha value is -1.59. The van der Waals surface area contributed by atoms with Gasteiger partial charge in [0.05, 0.1) is 12.3 Å². The molecule has 1 aromatic carbocycles. The molecule has 23 heavy (non-hydrogen) atoms. The van der Waals surface area contributed by atoms with Gasteiger partial charge in [-0.3, -0.25) is 0 Å². The SMILES string of the molecule is CCOc1cc2c(cc1CNCCCc1csc(N)n1)CCC2. The van der Waals surface area contributed by atoms with Crippen LogP contribution in [0.2, 0.25) is 0 Å². The predicted octanol–water partition coefficient (Wildman–Crippen LogP) is 3.34. The van der Waals surface area contributed by atoms with Crippen LogP contribution in [0.1, 0.15) is 42.1 Å². The quantitative estimate of drug-likeness (QED) is 0.728. The number of aromatic nitrogens is 1. The first-order valence-electron chi connectivity index (χ1n) is 8.44. The molecule has 0 unspecified atom stereocenters. The molecule has 3 rings (SSSR count). The second kappa shape index (κ2) is 7.79. The average molecular weight is 331 g/mol. The fourth-order valence-corrected chi connectivity index (χ4v) is 3.73. The van der Waals surface area contributed by atoms with Gasteiger partial charge in [-0.15, -0.1) is 11.3 Å². The van der Waals surface area contributed by atoms with Gasteiger partial charge >= 0.3 is 0 Å². The number of hydrogen-bond donors (Lipinski definition) is 2. The van der Waals surface area contributed by atoms with E-state index in [0.29, 0.717) is 5.13 Å². The maximum atomic E-state index is 5.83. The summed E-state index contributed by atoms with van der Waals surface area (Å²) in [5.41, 5.74) is 11.0. The first kappa shape index (κ1) is 16.3. The molecule has 124 valence electrons. The summed E-state index contributed by atoms with van der Waals surface area (Å²) in [6.07, 6.45) is 5.72. The Morgan fingerprint density at radius 1 is 1.30 bits per heavy atom. The summed E-state index contributed by atoms with van der Waals surface area (Å²) in [7, 11) is 0. The lowest BCUT2D eigenvalue weighted by Gasteiger charge is -2.14. The molecule has 1 aromatic heterocycles. The van der Waals surface area contributed by atoms with E-state index in [9.17, 15) is 0 Å². The number of rotatable bonds is 8. The predicted molar refractivity (Wildman–Crippen MR) is 96.2 cm³/mol. The number of fused-ring (bicyclic) bond motifs is 1. The van der Waals surface area contributed by atoms with Crippen LogP contribution in [0.5, 0.6) is 5.75 Å². The molecule has 0 fully saturated rings. The van der Waals surface area contributed by atoms with Gasteiger partial charge in [-0.25, -0.2) is 4.98 Å². The van der Waals surface area contributed by atoms with E-state index in [2.05, 4.69) is 22.4 Å². The van der Waals surface area contributed by atoms with Gasteiger partial charge in [0, 0.05) is 17.5 Å². The highest BCUT2D eigenvalue weighted by atomic mass is 32.1. The minimum Gasteiger partial charge on any atom is -0.494 e. The number of ether oxygens (including phenoxy) is 1. The molecule has 5 heteroatoms. The van der Waals surface area contributed by atoms with Gasteiger partial charge in [-0.2, -0.15) is 0 Å². The number of aryl methyl sites for hydroxylation is 3. The molecule has 0 aliphatic heterocycles. The highest BCUT2D eigenvalue weighted by Gasteiger charge is 2.15. The monoisotopic (exact) mass is 331 g/mol. The van der Waals surface area contributed by atoms with Crippen molar-refractivity contribution >= 4 is 16.5 Å². The first-order valence-corrected chi connectivity index (χ1v) is 9.32. The molecular formula is C18H25N3OS. The normalized spacial score (nSPS) is 13.3. The average Bonchev–Trinajstić information content (AvgIpc) is 3.15. The Labute approximate surface area is 142 Å². The van der Waals surface area contributed by atoms with E-state index >= 15 is 0 Å². The van der Waals surface area contributed by atoms with Crippen LogP contribution in [0.4, 0.5) is 5.13 Å². The van der Waals surface area contributed by atoms with Crippen LogP contribution in [0.25, 0.3) is 0 Å². The number of anilines is 1. The number of nitrogens with one attached hydrogen (secondary N) is 1. The largest absolute Gasteiger partial charge is 0.494 e. The van der Waals surface area contributed by atoms with E-state index in [1.807, 2.05) is 12.3 Å². The van der Waals surface area contributed by atoms with E-state index in [1.165, 1.54) is 47.3 Å². The Morgan fingerprint density at radius 3 is 2.87 bits per heavy atom. The minimum atomic E-state index is 0.660. The van der Waals surface area contributed by atoms with Crippen molar-refractivity contribution in [2.75, 3.05) is 18.9 Å². The molecule has 0 radical (unpaired) electrons. The van der Waals surface area contributed by atoms with Crippen molar-refractivity contribution in [1.29, 1.82) is 0 Å². The third kappa shape index (κ3) is 4.24. The molecule has 1 heterocycles. The van der Waals surface area contributed by atoms with Crippen molar-refractivity contribution in [2.24, 2.45) is 0 Å². The molecule has 0 saturated carbocycles. The third-order valence-corrected chi connectivity index (χ3v) is 4.97. The van der Waals surface area contributed by atoms with Crippen molar-refractivity contribution in [2.45, 2.75) is 45.6 Å². The van der Waals surface area contributed by atoms with Gasteiger partial charge in [0.2, 0.25) is 0 Å². The number of benzene rings is 1. The van der Waals surface area contributed by atoms with Gasteiger partial charge in [0.25, 0.3) is 0 Å². The Kier molecular flexibility index (Phi) is 5.51. The molecule has 0 saturated heterocycles. The van der Waals surface area contributed by atoms with Crippen molar-refractivity contribution < 1.29 is 4.74 Å². The van der Waals surface area contributed by atoms with Crippen LogP contribution < -0.4 is 15.8 Å². The highest BCUT2D eigenvalue weighted by Crippen LogP contribution is 2.30. The van der Waals surface area contributed by atoms with E-state index in [0.717, 1.165) is 44.0 Å². The first-order chi connectivity index (χ1) is 11.3. The number of nitrogen functional groups attached to an aromatic ring is 1. The van der Waals surface area contributed by atoms with Crippen LogP contribution >= 0.6 is 11.3 Å². The number of nitrogens with two attached hydrogens (primary N) is 1. The fraction of sp³-hybridized carbons (Fsp3) is 0.500. The standard InChI is InChI=1S/C18H25N3OS/c1-2-22-17-10-14-6-3-5-13(14)9-15(17)11-20-8-4-7-16-12-23-18(19)21-16/h9-10,12,20H,2-8,11H2,1H3,(H2,19,21). The van der Waals surface area contributed by atoms with Gasteiger partial charge < -0.3 is 15.8 Å². The molecular weight excluding hydrogens is 306 g/mol. The zero-order chi connectivity index (χ0) is 16.1. The van der Waals surface area contributed by atoms with Gasteiger partial charge in [0.1, 0.15) is 5.75 Å². The number of nitrogens with zero attached hydrogens (tertiary/aromatic N) is 1. The number of hydrogen-bond acceptors (Lipinski definition) is 5. The number of thiazole rings is 1. The summed E-state index contributed by atoms with van der Waals surface area (Å²) in [4.78, 5) is 4.29. The summed E-state index contributed by atoms with van der Waals surface area (Å²) in [6.45, 7) is 4.60. The van der Waals surface area contributed by atoms with Crippen LogP contribution in [-0.2, 0) is 25.8 Å². The van der Waals surface area contributed by atoms with E-state index < -0.39 is 0 Å². The summed E-state index contributed by atoms with van der Waals surface area (Å²) in [5.74, 6) is 1.05. The summed E-state index contributed by atoms with van der Waals surface area (Å²) in [6, 6.07) is 4.59.